The van der Waals surface area contributed by atoms with E-state index in [0.717, 1.165) is 37.2 Å². The lowest BCUT2D eigenvalue weighted by molar-refractivity contribution is -0.136. The first kappa shape index (κ1) is 28.6. The zero-order valence-corrected chi connectivity index (χ0v) is 23.5. The molecule has 0 bridgehead atoms. The smallest absolute Gasteiger partial charge is 0.335 e. The molecule has 0 unspecified atom stereocenters. The number of hydrogen-bond acceptors (Lipinski definition) is 5. The highest BCUT2D eigenvalue weighted by atomic mass is 16.5. The molecule has 2 amide bonds. The van der Waals surface area contributed by atoms with E-state index in [2.05, 4.69) is 10.2 Å². The summed E-state index contributed by atoms with van der Waals surface area (Å²) in [7, 11) is 0. The number of carbonyl (C=O) groups excluding carboxylic acids is 2. The number of nitrogens with one attached hydrogen (secondary N) is 1. The molecule has 1 aliphatic heterocycles. The Hall–Kier alpha value is -4.89. The molecule has 4 aromatic rings. The predicted molar refractivity (Wildman–Crippen MR) is 160 cm³/mol. The van der Waals surface area contributed by atoms with Crippen LogP contribution in [-0.2, 0) is 16.1 Å². The Kier molecular flexibility index (Phi) is 8.99. The summed E-state index contributed by atoms with van der Waals surface area (Å²) in [6, 6.07) is 25.8. The van der Waals surface area contributed by atoms with Crippen LogP contribution in [0.25, 0.3) is 5.69 Å². The molecule has 1 saturated heterocycles. The topological polar surface area (TPSA) is 104 Å². The van der Waals surface area contributed by atoms with E-state index >= 15 is 0 Å². The highest BCUT2D eigenvalue weighted by Crippen LogP contribution is 2.25. The molecule has 9 heteroatoms. The van der Waals surface area contributed by atoms with Gasteiger partial charge in [-0.15, -0.1) is 0 Å². The molecule has 0 radical (unpaired) electrons. The number of carboxylic acids is 1. The van der Waals surface area contributed by atoms with E-state index in [0.29, 0.717) is 23.7 Å². The Bertz CT molecular complexity index is 1490. The Labute approximate surface area is 244 Å². The zero-order valence-electron chi connectivity index (χ0n) is 23.5. The van der Waals surface area contributed by atoms with E-state index < -0.39 is 5.97 Å². The van der Waals surface area contributed by atoms with Gasteiger partial charge in [-0.3, -0.25) is 14.5 Å². The lowest BCUT2D eigenvalue weighted by Gasteiger charge is -2.38. The van der Waals surface area contributed by atoms with Crippen LogP contribution in [0, 0.1) is 0 Å². The third kappa shape index (κ3) is 7.44. The molecule has 0 atom stereocenters. The number of amides is 2. The first-order chi connectivity index (χ1) is 20.3. The van der Waals surface area contributed by atoms with Crippen molar-refractivity contribution in [2.75, 3.05) is 25.0 Å². The number of carboxylic acid groups (broad SMARTS) is 1. The summed E-state index contributed by atoms with van der Waals surface area (Å²) in [6.45, 7) is 3.77. The third-order valence-corrected chi connectivity index (χ3v) is 7.44. The number of likely N-dealkylation sites (tertiary alicyclic amines) is 1. The summed E-state index contributed by atoms with van der Waals surface area (Å²) in [5.74, 6) is 0.0473. The zero-order chi connectivity index (χ0) is 29.5. The van der Waals surface area contributed by atoms with Crippen molar-refractivity contribution < 1.29 is 24.2 Å². The number of anilines is 1. The molecule has 42 heavy (non-hydrogen) atoms. The minimum Gasteiger partial charge on any atom is -0.478 e. The second-order valence-corrected chi connectivity index (χ2v) is 10.4. The van der Waals surface area contributed by atoms with Gasteiger partial charge in [0.25, 0.3) is 0 Å². The van der Waals surface area contributed by atoms with E-state index in [1.165, 1.54) is 6.92 Å². The second-order valence-electron chi connectivity index (χ2n) is 10.4. The molecule has 0 spiro atoms. The maximum absolute atomic E-state index is 12.9. The van der Waals surface area contributed by atoms with Crippen LogP contribution >= 0.6 is 0 Å². The normalized spacial score (nSPS) is 13.8. The molecule has 5 rings (SSSR count). The largest absolute Gasteiger partial charge is 0.478 e. The molecule has 2 N–H and O–H groups in total. The summed E-state index contributed by atoms with van der Waals surface area (Å²) in [5.41, 5.74) is 2.98. The predicted octanol–water partition coefficient (Wildman–Crippen LogP) is 5.42. The highest BCUT2D eigenvalue weighted by molar-refractivity contribution is 5.94. The first-order valence-corrected chi connectivity index (χ1v) is 14.0. The van der Waals surface area contributed by atoms with Crippen LogP contribution in [0.15, 0.2) is 97.3 Å². The van der Waals surface area contributed by atoms with E-state index in [-0.39, 0.29) is 30.0 Å². The van der Waals surface area contributed by atoms with Crippen LogP contribution < -0.4 is 10.1 Å². The van der Waals surface area contributed by atoms with Crippen molar-refractivity contribution in [1.82, 2.24) is 14.4 Å². The monoisotopic (exact) mass is 566 g/mol. The average Bonchev–Trinajstić information content (AvgIpc) is 3.53. The fraction of sp³-hybridized carbons (Fsp3) is 0.242. The van der Waals surface area contributed by atoms with Crippen molar-refractivity contribution in [2.24, 2.45) is 0 Å². The molecule has 0 aliphatic carbocycles. The van der Waals surface area contributed by atoms with Gasteiger partial charge in [0.05, 0.1) is 5.56 Å². The summed E-state index contributed by atoms with van der Waals surface area (Å²) in [6.07, 6.45) is 5.49. The van der Waals surface area contributed by atoms with Crippen molar-refractivity contribution in [3.05, 3.63) is 108 Å². The standard InChI is InChI=1S/C33H34N4O5/c1-24(38)37(29-16-20-35(21-17-29)22-25-4-6-26(7-5-25)33(40)41)23-32(39)34-27-8-12-30(13-9-27)42-31-14-10-28(11-15-31)36-18-2-3-19-36/h2-15,18-19,29H,16-17,20-23H2,1H3,(H,34,39)(H,40,41). The van der Waals surface area contributed by atoms with E-state index in [4.69, 9.17) is 9.84 Å². The molecule has 9 nitrogen and oxygen atoms in total. The maximum Gasteiger partial charge on any atom is 0.335 e. The number of nitrogens with zero attached hydrogens (tertiary/aromatic N) is 3. The molecule has 0 saturated carbocycles. The molecular weight excluding hydrogens is 532 g/mol. The van der Waals surface area contributed by atoms with E-state index in [1.807, 2.05) is 65.5 Å². The number of ether oxygens (including phenoxy) is 1. The van der Waals surface area contributed by atoms with Gasteiger partial charge < -0.3 is 24.6 Å². The van der Waals surface area contributed by atoms with Gasteiger partial charge in [-0.05, 0) is 91.2 Å². The Morgan fingerprint density at radius 1 is 0.881 bits per heavy atom. The van der Waals surface area contributed by atoms with Crippen molar-refractivity contribution in [1.29, 1.82) is 0 Å². The summed E-state index contributed by atoms with van der Waals surface area (Å²) in [4.78, 5) is 40.3. The van der Waals surface area contributed by atoms with Gasteiger partial charge in [0, 0.05) is 56.4 Å². The van der Waals surface area contributed by atoms with Crippen molar-refractivity contribution in [3.8, 4) is 17.2 Å². The van der Waals surface area contributed by atoms with E-state index in [9.17, 15) is 14.4 Å². The maximum atomic E-state index is 12.9. The number of carbonyl (C=O) groups is 3. The van der Waals surface area contributed by atoms with Crippen LogP contribution in [0.4, 0.5) is 5.69 Å². The lowest BCUT2D eigenvalue weighted by atomic mass is 10.0. The van der Waals surface area contributed by atoms with Gasteiger partial charge in [0.2, 0.25) is 11.8 Å². The molecule has 3 aromatic carbocycles. The molecular formula is C33H34N4O5. The van der Waals surface area contributed by atoms with Crippen molar-refractivity contribution in [3.63, 3.8) is 0 Å². The van der Waals surface area contributed by atoms with Crippen LogP contribution in [-0.4, -0.2) is 62.9 Å². The van der Waals surface area contributed by atoms with Crippen molar-refractivity contribution >= 4 is 23.5 Å². The molecule has 216 valence electrons. The van der Waals surface area contributed by atoms with Gasteiger partial charge >= 0.3 is 5.97 Å². The Morgan fingerprint density at radius 3 is 2.05 bits per heavy atom. The van der Waals surface area contributed by atoms with Crippen LogP contribution in [0.3, 0.4) is 0 Å². The summed E-state index contributed by atoms with van der Waals surface area (Å²) >= 11 is 0. The minimum atomic E-state index is -0.937. The SMILES string of the molecule is CC(=O)N(CC(=O)Nc1ccc(Oc2ccc(-n3cccc3)cc2)cc1)C1CCN(Cc2ccc(C(=O)O)cc2)CC1. The summed E-state index contributed by atoms with van der Waals surface area (Å²) in [5, 5.41) is 12.0. The molecule has 2 heterocycles. The first-order valence-electron chi connectivity index (χ1n) is 14.0. The van der Waals surface area contributed by atoms with Crippen LogP contribution in [0.2, 0.25) is 0 Å². The molecule has 1 aliphatic rings. The third-order valence-electron chi connectivity index (χ3n) is 7.44. The quantitative estimate of drug-likeness (QED) is 0.266. The van der Waals surface area contributed by atoms with Crippen LogP contribution in [0.1, 0.15) is 35.7 Å². The van der Waals surface area contributed by atoms with Crippen LogP contribution in [0.5, 0.6) is 11.5 Å². The van der Waals surface area contributed by atoms with Gasteiger partial charge in [0.1, 0.15) is 18.0 Å². The molecule has 1 aromatic heterocycles. The average molecular weight is 567 g/mol. The Balaban J connectivity index is 1.09. The summed E-state index contributed by atoms with van der Waals surface area (Å²) < 4.78 is 7.96. The fourth-order valence-electron chi connectivity index (χ4n) is 5.19. The second kappa shape index (κ2) is 13.2. The fourth-order valence-corrected chi connectivity index (χ4v) is 5.19. The van der Waals surface area contributed by atoms with Gasteiger partial charge in [-0.25, -0.2) is 4.79 Å². The molecule has 1 fully saturated rings. The highest BCUT2D eigenvalue weighted by Gasteiger charge is 2.28. The van der Waals surface area contributed by atoms with E-state index in [1.54, 1.807) is 41.3 Å². The van der Waals surface area contributed by atoms with Crippen molar-refractivity contribution in [2.45, 2.75) is 32.4 Å². The van der Waals surface area contributed by atoms with Gasteiger partial charge in [-0.1, -0.05) is 12.1 Å². The number of piperidine rings is 1. The Morgan fingerprint density at radius 2 is 1.48 bits per heavy atom. The number of aromatic carboxylic acids is 1. The lowest BCUT2D eigenvalue weighted by Crippen LogP contribution is -2.49. The number of aromatic nitrogens is 1. The van der Waals surface area contributed by atoms with Gasteiger partial charge in [0.15, 0.2) is 0 Å². The van der Waals surface area contributed by atoms with Gasteiger partial charge in [-0.2, -0.15) is 0 Å². The number of hydrogen-bond donors (Lipinski definition) is 2. The minimum absolute atomic E-state index is 0.0113. The number of benzene rings is 3. The number of rotatable bonds is 10.